The van der Waals surface area contributed by atoms with Crippen LogP contribution in [0.25, 0.3) is 10.9 Å². The zero-order chi connectivity index (χ0) is 18.3. The fraction of sp³-hybridized carbons (Fsp3) is 0.125. The third-order valence-corrected chi connectivity index (χ3v) is 5.50. The molecule has 0 aliphatic carbocycles. The molecule has 0 fully saturated rings. The molecule has 4 rings (SSSR count). The number of nitrogens with zero attached hydrogens (tertiary/aromatic N) is 1. The second-order valence-corrected chi connectivity index (χ2v) is 7.48. The van der Waals surface area contributed by atoms with E-state index in [0.717, 1.165) is 23.4 Å². The minimum Gasteiger partial charge on any atom is -0.489 e. The molecule has 0 spiro atoms. The van der Waals surface area contributed by atoms with Gasteiger partial charge in [0.1, 0.15) is 12.4 Å². The molecule has 134 valence electrons. The number of para-hydroxylation sites is 1. The molecular weight excluding hydrogens is 350 g/mol. The van der Waals surface area contributed by atoms with Gasteiger partial charge >= 0.3 is 0 Å². The van der Waals surface area contributed by atoms with Crippen molar-refractivity contribution in [1.82, 2.24) is 4.98 Å². The molecule has 0 unspecified atom stereocenters. The Bertz CT molecular complexity index is 994. The molecule has 1 aromatic heterocycles. The Hall–Kier alpha value is -2.78. The molecule has 3 aromatic carbocycles. The Kier molecular flexibility index (Phi) is 5.70. The van der Waals surface area contributed by atoms with Crippen molar-refractivity contribution in [1.29, 1.82) is 0 Å². The van der Waals surface area contributed by atoms with Crippen LogP contribution in [-0.2, 0) is 13.0 Å². The zero-order valence-corrected chi connectivity index (χ0v) is 15.9. The highest BCUT2D eigenvalue weighted by Crippen LogP contribution is 2.27. The van der Waals surface area contributed by atoms with Crippen molar-refractivity contribution in [2.75, 3.05) is 5.75 Å². The van der Waals surface area contributed by atoms with Gasteiger partial charge in [-0.25, -0.2) is 0 Å². The molecule has 0 saturated heterocycles. The summed E-state index contributed by atoms with van der Waals surface area (Å²) < 4.78 is 5.86. The summed E-state index contributed by atoms with van der Waals surface area (Å²) in [6.07, 6.45) is 2.92. The van der Waals surface area contributed by atoms with Gasteiger partial charge in [-0.1, -0.05) is 60.7 Å². The number of hydrogen-bond donors (Lipinski definition) is 0. The predicted molar refractivity (Wildman–Crippen MR) is 113 cm³/mol. The Morgan fingerprint density at radius 2 is 1.52 bits per heavy atom. The first-order chi connectivity index (χ1) is 13.4. The second kappa shape index (κ2) is 8.74. The van der Waals surface area contributed by atoms with Gasteiger partial charge in [-0.05, 0) is 41.8 Å². The third-order valence-electron chi connectivity index (χ3n) is 4.43. The van der Waals surface area contributed by atoms with Gasteiger partial charge in [0.25, 0.3) is 0 Å². The lowest BCUT2D eigenvalue weighted by molar-refractivity contribution is 0.306. The smallest absolute Gasteiger partial charge is 0.119 e. The molecule has 0 radical (unpaired) electrons. The number of aryl methyl sites for hydroxylation is 1. The molecule has 0 N–H and O–H groups in total. The summed E-state index contributed by atoms with van der Waals surface area (Å²) in [5.74, 6) is 1.95. The van der Waals surface area contributed by atoms with Gasteiger partial charge in [-0.2, -0.15) is 0 Å². The van der Waals surface area contributed by atoms with E-state index >= 15 is 0 Å². The lowest BCUT2D eigenvalue weighted by Gasteiger charge is -2.08. The van der Waals surface area contributed by atoms with E-state index in [1.807, 2.05) is 42.2 Å². The van der Waals surface area contributed by atoms with Crippen molar-refractivity contribution in [3.63, 3.8) is 0 Å². The maximum absolute atomic E-state index is 5.86. The lowest BCUT2D eigenvalue weighted by Crippen LogP contribution is -1.95. The van der Waals surface area contributed by atoms with Gasteiger partial charge in [0.05, 0.1) is 5.52 Å². The zero-order valence-electron chi connectivity index (χ0n) is 15.0. The highest BCUT2D eigenvalue weighted by molar-refractivity contribution is 7.99. The standard InChI is InChI=1S/C24H21NOS/c1-2-6-20(7-3-1)18-26-21-12-10-19(11-13-21)15-17-27-24-14-16-25-23-9-5-4-8-22(23)24/h1-14,16H,15,17-18H2. The van der Waals surface area contributed by atoms with Crippen LogP contribution in [0.15, 0.2) is 96.0 Å². The number of ether oxygens (including phenoxy) is 1. The van der Waals surface area contributed by atoms with Crippen LogP contribution in [0.4, 0.5) is 0 Å². The molecule has 0 amide bonds. The Labute approximate surface area is 164 Å². The van der Waals surface area contributed by atoms with E-state index < -0.39 is 0 Å². The van der Waals surface area contributed by atoms with Crippen LogP contribution in [-0.4, -0.2) is 10.7 Å². The molecule has 4 aromatic rings. The van der Waals surface area contributed by atoms with Crippen molar-refractivity contribution in [3.8, 4) is 5.75 Å². The summed E-state index contributed by atoms with van der Waals surface area (Å²) in [6.45, 7) is 0.602. The first-order valence-corrected chi connectivity index (χ1v) is 10.1. The van der Waals surface area contributed by atoms with Gasteiger partial charge in [0.2, 0.25) is 0 Å². The van der Waals surface area contributed by atoms with Gasteiger partial charge in [0, 0.05) is 22.2 Å². The maximum atomic E-state index is 5.86. The summed E-state index contributed by atoms with van der Waals surface area (Å²) >= 11 is 1.89. The van der Waals surface area contributed by atoms with Gasteiger partial charge < -0.3 is 4.74 Å². The van der Waals surface area contributed by atoms with Crippen molar-refractivity contribution < 1.29 is 4.74 Å². The Morgan fingerprint density at radius 1 is 0.741 bits per heavy atom. The molecule has 0 aliphatic rings. The summed E-state index contributed by atoms with van der Waals surface area (Å²) in [5.41, 5.74) is 3.57. The largest absolute Gasteiger partial charge is 0.489 e. The molecule has 0 atom stereocenters. The normalized spacial score (nSPS) is 10.8. The van der Waals surface area contributed by atoms with Crippen LogP contribution in [0.2, 0.25) is 0 Å². The van der Waals surface area contributed by atoms with E-state index in [2.05, 4.69) is 65.6 Å². The third kappa shape index (κ3) is 4.69. The van der Waals surface area contributed by atoms with E-state index in [1.54, 1.807) is 0 Å². The van der Waals surface area contributed by atoms with Crippen LogP contribution in [0.3, 0.4) is 0 Å². The molecular formula is C24H21NOS. The Balaban J connectivity index is 1.31. The van der Waals surface area contributed by atoms with Gasteiger partial charge in [-0.15, -0.1) is 11.8 Å². The molecule has 27 heavy (non-hydrogen) atoms. The molecule has 3 heteroatoms. The van der Waals surface area contributed by atoms with Crippen LogP contribution in [0.5, 0.6) is 5.75 Å². The minimum atomic E-state index is 0.602. The highest BCUT2D eigenvalue weighted by Gasteiger charge is 2.03. The van der Waals surface area contributed by atoms with E-state index in [0.29, 0.717) is 6.61 Å². The summed E-state index contributed by atoms with van der Waals surface area (Å²) in [6, 6.07) is 29.1. The minimum absolute atomic E-state index is 0.602. The average Bonchev–Trinajstić information content (AvgIpc) is 2.74. The van der Waals surface area contributed by atoms with Crippen LogP contribution < -0.4 is 4.74 Å². The fourth-order valence-electron chi connectivity index (χ4n) is 2.97. The lowest BCUT2D eigenvalue weighted by atomic mass is 10.2. The van der Waals surface area contributed by atoms with Crippen LogP contribution in [0, 0.1) is 0 Å². The average molecular weight is 372 g/mol. The molecule has 2 nitrogen and oxygen atoms in total. The molecule has 1 heterocycles. The van der Waals surface area contributed by atoms with Crippen LogP contribution in [0.1, 0.15) is 11.1 Å². The number of hydrogen-bond acceptors (Lipinski definition) is 3. The number of benzene rings is 3. The maximum Gasteiger partial charge on any atom is 0.119 e. The number of aromatic nitrogens is 1. The topological polar surface area (TPSA) is 22.1 Å². The van der Waals surface area contributed by atoms with E-state index in [1.165, 1.54) is 21.4 Å². The van der Waals surface area contributed by atoms with E-state index in [9.17, 15) is 0 Å². The molecule has 0 saturated carbocycles. The van der Waals surface area contributed by atoms with Gasteiger partial charge in [0.15, 0.2) is 0 Å². The first kappa shape index (κ1) is 17.6. The monoisotopic (exact) mass is 371 g/mol. The SMILES string of the molecule is c1ccc(COc2ccc(CCSc3ccnc4ccccc34)cc2)cc1. The Morgan fingerprint density at radius 3 is 2.37 bits per heavy atom. The van der Waals surface area contributed by atoms with Crippen molar-refractivity contribution in [3.05, 3.63) is 102 Å². The summed E-state index contributed by atoms with van der Waals surface area (Å²) in [5, 5.41) is 1.23. The highest BCUT2D eigenvalue weighted by atomic mass is 32.2. The van der Waals surface area contributed by atoms with E-state index in [4.69, 9.17) is 4.74 Å². The van der Waals surface area contributed by atoms with Gasteiger partial charge in [-0.3, -0.25) is 4.98 Å². The quantitative estimate of drug-likeness (QED) is 0.364. The predicted octanol–water partition coefficient (Wildman–Crippen LogP) is 6.15. The van der Waals surface area contributed by atoms with E-state index in [-0.39, 0.29) is 0 Å². The summed E-state index contributed by atoms with van der Waals surface area (Å²) in [7, 11) is 0. The fourth-order valence-corrected chi connectivity index (χ4v) is 4.01. The second-order valence-electron chi connectivity index (χ2n) is 6.34. The number of thioether (sulfide) groups is 1. The summed E-state index contributed by atoms with van der Waals surface area (Å²) in [4.78, 5) is 5.72. The van der Waals surface area contributed by atoms with Crippen molar-refractivity contribution in [2.45, 2.75) is 17.9 Å². The molecule has 0 bridgehead atoms. The number of pyridine rings is 1. The van der Waals surface area contributed by atoms with Crippen molar-refractivity contribution in [2.24, 2.45) is 0 Å². The number of rotatable bonds is 7. The van der Waals surface area contributed by atoms with Crippen LogP contribution >= 0.6 is 11.8 Å². The van der Waals surface area contributed by atoms with Crippen molar-refractivity contribution >= 4 is 22.7 Å². The first-order valence-electron chi connectivity index (χ1n) is 9.11. The number of fused-ring (bicyclic) bond motifs is 1. The molecule has 0 aliphatic heterocycles.